The fourth-order valence-electron chi connectivity index (χ4n) is 3.81. The number of carbonyl (C=O) groups excluding carboxylic acids is 2. The Morgan fingerprint density at radius 3 is 2.88 bits per heavy atom. The van der Waals surface area contributed by atoms with E-state index in [9.17, 15) is 9.59 Å². The second-order valence-corrected chi connectivity index (χ2v) is 7.64. The highest BCUT2D eigenvalue weighted by Gasteiger charge is 2.37. The number of ether oxygens (including phenoxy) is 1. The number of amides is 2. The number of halogens is 1. The van der Waals surface area contributed by atoms with Gasteiger partial charge < -0.3 is 15.0 Å². The first-order valence-corrected chi connectivity index (χ1v) is 9.88. The molecule has 0 radical (unpaired) electrons. The van der Waals surface area contributed by atoms with Gasteiger partial charge in [0.2, 0.25) is 5.91 Å². The first-order valence-electron chi connectivity index (χ1n) is 9.09. The summed E-state index contributed by atoms with van der Waals surface area (Å²) in [6, 6.07) is 7.44. The van der Waals surface area contributed by atoms with Crippen molar-refractivity contribution in [3.63, 3.8) is 0 Å². The average molecular weight is 409 g/mol. The van der Waals surface area contributed by atoms with Crippen molar-refractivity contribution in [1.82, 2.24) is 10.2 Å². The molecule has 2 aliphatic rings. The lowest BCUT2D eigenvalue weighted by atomic mass is 9.82. The van der Waals surface area contributed by atoms with E-state index in [0.29, 0.717) is 31.9 Å². The lowest BCUT2D eigenvalue weighted by Gasteiger charge is -2.39. The van der Waals surface area contributed by atoms with E-state index in [4.69, 9.17) is 4.74 Å². The summed E-state index contributed by atoms with van der Waals surface area (Å²) in [6.07, 6.45) is 4.63. The van der Waals surface area contributed by atoms with Gasteiger partial charge in [-0.15, -0.1) is 0 Å². The Morgan fingerprint density at radius 1 is 1.20 bits per heavy atom. The van der Waals surface area contributed by atoms with Gasteiger partial charge in [0.05, 0.1) is 12.5 Å². The van der Waals surface area contributed by atoms with Crippen LogP contribution in [0.25, 0.3) is 0 Å². The van der Waals surface area contributed by atoms with Crippen molar-refractivity contribution >= 4 is 27.7 Å². The Morgan fingerprint density at radius 2 is 2.04 bits per heavy atom. The molecule has 0 unspecified atom stereocenters. The molecular formula is C19H25BrN2O3. The summed E-state index contributed by atoms with van der Waals surface area (Å²) in [5, 5.41) is 2.98. The van der Waals surface area contributed by atoms with Crippen molar-refractivity contribution in [3.05, 3.63) is 34.3 Å². The van der Waals surface area contributed by atoms with Gasteiger partial charge in [-0.1, -0.05) is 34.8 Å². The third kappa shape index (κ3) is 4.61. The zero-order valence-electron chi connectivity index (χ0n) is 14.4. The summed E-state index contributed by atoms with van der Waals surface area (Å²) in [5.41, 5.74) is 0.662. The van der Waals surface area contributed by atoms with Gasteiger partial charge in [0.15, 0.2) is 0 Å². The van der Waals surface area contributed by atoms with Gasteiger partial charge in [-0.2, -0.15) is 0 Å². The summed E-state index contributed by atoms with van der Waals surface area (Å²) in [4.78, 5) is 27.7. The van der Waals surface area contributed by atoms with Crippen LogP contribution in [0.2, 0.25) is 0 Å². The SMILES string of the molecule is O=C1NCCOCCCN(C(=O)c2cccc(Br)c2)[C@H]2CCCC[C@@H]12. The molecule has 0 bridgehead atoms. The van der Waals surface area contributed by atoms with Gasteiger partial charge in [-0.05, 0) is 37.5 Å². The Hall–Kier alpha value is -1.40. The van der Waals surface area contributed by atoms with E-state index in [2.05, 4.69) is 21.2 Å². The quantitative estimate of drug-likeness (QED) is 0.776. The number of rotatable bonds is 1. The molecule has 136 valence electrons. The third-order valence-electron chi connectivity index (χ3n) is 5.03. The van der Waals surface area contributed by atoms with Gasteiger partial charge in [0.25, 0.3) is 5.91 Å². The van der Waals surface area contributed by atoms with Crippen molar-refractivity contribution in [2.75, 3.05) is 26.3 Å². The van der Waals surface area contributed by atoms with Gasteiger partial charge in [0.1, 0.15) is 0 Å². The molecule has 2 fully saturated rings. The minimum absolute atomic E-state index is 0.00486. The largest absolute Gasteiger partial charge is 0.380 e. The summed E-state index contributed by atoms with van der Waals surface area (Å²) >= 11 is 3.44. The van der Waals surface area contributed by atoms with Crippen molar-refractivity contribution in [2.24, 2.45) is 5.92 Å². The summed E-state index contributed by atoms with van der Waals surface area (Å²) < 4.78 is 6.45. The maximum absolute atomic E-state index is 13.2. The molecule has 1 saturated carbocycles. The highest BCUT2D eigenvalue weighted by atomic mass is 79.9. The maximum atomic E-state index is 13.2. The Bertz CT molecular complexity index is 622. The molecule has 25 heavy (non-hydrogen) atoms. The third-order valence-corrected chi connectivity index (χ3v) is 5.53. The van der Waals surface area contributed by atoms with Crippen LogP contribution in [0.15, 0.2) is 28.7 Å². The van der Waals surface area contributed by atoms with Crippen LogP contribution in [0.5, 0.6) is 0 Å². The molecule has 1 heterocycles. The number of nitrogens with one attached hydrogen (secondary N) is 1. The van der Waals surface area contributed by atoms with E-state index in [0.717, 1.165) is 36.6 Å². The first-order chi connectivity index (χ1) is 12.2. The lowest BCUT2D eigenvalue weighted by Crippen LogP contribution is -2.51. The number of hydrogen-bond donors (Lipinski definition) is 1. The average Bonchev–Trinajstić information content (AvgIpc) is 2.66. The summed E-state index contributed by atoms with van der Waals surface area (Å²) in [5.74, 6) is -0.0598. The van der Waals surface area contributed by atoms with Crippen LogP contribution in [-0.4, -0.2) is 49.1 Å². The zero-order valence-corrected chi connectivity index (χ0v) is 16.0. The second kappa shape index (κ2) is 8.81. The molecule has 1 saturated heterocycles. The van der Waals surface area contributed by atoms with Gasteiger partial charge in [-0.3, -0.25) is 9.59 Å². The smallest absolute Gasteiger partial charge is 0.254 e. The molecule has 0 spiro atoms. The van der Waals surface area contributed by atoms with Gasteiger partial charge in [0, 0.05) is 35.8 Å². The fourth-order valence-corrected chi connectivity index (χ4v) is 4.21. The number of fused-ring (bicyclic) bond motifs is 1. The van der Waals surface area contributed by atoms with Crippen LogP contribution in [0.4, 0.5) is 0 Å². The molecule has 1 aromatic carbocycles. The highest BCUT2D eigenvalue weighted by Crippen LogP contribution is 2.30. The predicted molar refractivity (Wildman–Crippen MR) is 99.4 cm³/mol. The molecule has 3 rings (SSSR count). The lowest BCUT2D eigenvalue weighted by molar-refractivity contribution is -0.128. The van der Waals surface area contributed by atoms with Crippen molar-refractivity contribution in [2.45, 2.75) is 38.1 Å². The van der Waals surface area contributed by atoms with Crippen molar-refractivity contribution in [3.8, 4) is 0 Å². The molecule has 2 amide bonds. The first kappa shape index (κ1) is 18.4. The molecule has 2 atom stereocenters. The van der Waals surface area contributed by atoms with Crippen LogP contribution < -0.4 is 5.32 Å². The normalized spacial score (nSPS) is 25.5. The summed E-state index contributed by atoms with van der Waals surface area (Å²) in [6.45, 7) is 2.31. The van der Waals surface area contributed by atoms with E-state index in [1.165, 1.54) is 0 Å². The molecule has 1 N–H and O–H groups in total. The molecule has 0 aromatic heterocycles. The minimum atomic E-state index is -0.122. The Labute approximate surface area is 157 Å². The highest BCUT2D eigenvalue weighted by molar-refractivity contribution is 9.10. The predicted octanol–water partition coefficient (Wildman–Crippen LogP) is 2.99. The van der Waals surface area contributed by atoms with Gasteiger partial charge >= 0.3 is 0 Å². The zero-order chi connectivity index (χ0) is 17.6. The number of nitrogens with zero attached hydrogens (tertiary/aromatic N) is 1. The van der Waals surface area contributed by atoms with Crippen LogP contribution in [-0.2, 0) is 9.53 Å². The van der Waals surface area contributed by atoms with Crippen LogP contribution in [0, 0.1) is 5.92 Å². The Balaban J connectivity index is 1.88. The van der Waals surface area contributed by atoms with E-state index in [1.54, 1.807) is 0 Å². The molecule has 1 aliphatic carbocycles. The molecule has 1 aliphatic heterocycles. The number of hydrogen-bond acceptors (Lipinski definition) is 3. The topological polar surface area (TPSA) is 58.6 Å². The maximum Gasteiger partial charge on any atom is 0.254 e. The van der Waals surface area contributed by atoms with Crippen LogP contribution in [0.3, 0.4) is 0 Å². The van der Waals surface area contributed by atoms with Crippen LogP contribution in [0.1, 0.15) is 42.5 Å². The summed E-state index contributed by atoms with van der Waals surface area (Å²) in [7, 11) is 0. The van der Waals surface area contributed by atoms with Gasteiger partial charge in [-0.25, -0.2) is 0 Å². The molecule has 1 aromatic rings. The number of carbonyl (C=O) groups is 2. The second-order valence-electron chi connectivity index (χ2n) is 6.72. The van der Waals surface area contributed by atoms with Crippen LogP contribution >= 0.6 is 15.9 Å². The minimum Gasteiger partial charge on any atom is -0.380 e. The Kier molecular flexibility index (Phi) is 6.48. The molecule has 6 heteroatoms. The molecule has 5 nitrogen and oxygen atoms in total. The van der Waals surface area contributed by atoms with Crippen molar-refractivity contribution < 1.29 is 14.3 Å². The fraction of sp³-hybridized carbons (Fsp3) is 0.579. The standard InChI is InChI=1S/C19H25BrN2O3/c20-15-6-3-5-14(13-15)19(24)22-10-4-11-25-12-9-21-18(23)16-7-1-2-8-17(16)22/h3,5-6,13,16-17H,1-2,4,7-12H2,(H,21,23)/t16-,17+/m1/s1. The van der Waals surface area contributed by atoms with Crippen molar-refractivity contribution in [1.29, 1.82) is 0 Å². The van der Waals surface area contributed by atoms with E-state index < -0.39 is 0 Å². The number of benzene rings is 1. The van der Waals surface area contributed by atoms with E-state index in [-0.39, 0.29) is 23.8 Å². The monoisotopic (exact) mass is 408 g/mol. The van der Waals surface area contributed by atoms with E-state index >= 15 is 0 Å². The molecular weight excluding hydrogens is 384 g/mol. The van der Waals surface area contributed by atoms with E-state index in [1.807, 2.05) is 29.2 Å².